The first-order valence-corrected chi connectivity index (χ1v) is 12.6. The predicted molar refractivity (Wildman–Crippen MR) is 143 cm³/mol. The zero-order valence-electron chi connectivity index (χ0n) is 19.8. The van der Waals surface area contributed by atoms with Crippen LogP contribution in [0.15, 0.2) is 76.7 Å². The number of hydrogen-bond donors (Lipinski definition) is 2. The first-order chi connectivity index (χ1) is 18.1. The van der Waals surface area contributed by atoms with Crippen LogP contribution < -0.4 is 25.1 Å². The molecule has 0 radical (unpaired) electrons. The van der Waals surface area contributed by atoms with Crippen LogP contribution in [0.1, 0.15) is 0 Å². The Balaban J connectivity index is 1.35. The lowest BCUT2D eigenvalue weighted by atomic mass is 10.2. The molecule has 10 heteroatoms. The maximum absolute atomic E-state index is 13.7. The summed E-state index contributed by atoms with van der Waals surface area (Å²) < 4.78 is 18.0. The summed E-state index contributed by atoms with van der Waals surface area (Å²) in [5.74, 6) is 1.64. The number of nitrogens with zero attached hydrogens (tertiary/aromatic N) is 2. The molecule has 0 aliphatic carbocycles. The van der Waals surface area contributed by atoms with Crippen LogP contribution in [0, 0.1) is 0 Å². The number of anilines is 1. The van der Waals surface area contributed by atoms with Crippen molar-refractivity contribution in [3.8, 4) is 22.9 Å². The number of amides is 1. The molecule has 0 atom stereocenters. The molecule has 6 rings (SSSR count). The Morgan fingerprint density at radius 2 is 1.92 bits per heavy atom. The number of carbonyl (C=O) groups is 1. The highest BCUT2D eigenvalue weighted by Gasteiger charge is 2.19. The highest BCUT2D eigenvalue weighted by molar-refractivity contribution is 7.99. The highest BCUT2D eigenvalue weighted by Crippen LogP contribution is 2.33. The lowest BCUT2D eigenvalue weighted by molar-refractivity contribution is -0.113. The van der Waals surface area contributed by atoms with Gasteiger partial charge in [-0.15, -0.1) is 0 Å². The minimum absolute atomic E-state index is 0.0404. The van der Waals surface area contributed by atoms with Crippen LogP contribution in [-0.4, -0.2) is 46.5 Å². The molecule has 0 saturated carbocycles. The molecular formula is C27H22N4O5S. The Kier molecular flexibility index (Phi) is 5.93. The SMILES string of the molecule is COc1cccc(-n2c(SCC(=O)Nc3ccc4c(c3)OCCO4)nc3c([nH]c4ccccc43)c2=O)c1. The van der Waals surface area contributed by atoms with E-state index in [9.17, 15) is 9.59 Å². The number of fused-ring (bicyclic) bond motifs is 4. The third kappa shape index (κ3) is 4.36. The second-order valence-corrected chi connectivity index (χ2v) is 9.27. The molecule has 0 bridgehead atoms. The molecule has 2 aromatic heterocycles. The maximum atomic E-state index is 13.7. The number of benzene rings is 3. The van der Waals surface area contributed by atoms with Crippen LogP contribution in [-0.2, 0) is 4.79 Å². The van der Waals surface area contributed by atoms with E-state index in [2.05, 4.69) is 10.3 Å². The van der Waals surface area contributed by atoms with Gasteiger partial charge in [0.25, 0.3) is 5.56 Å². The van der Waals surface area contributed by atoms with Gasteiger partial charge in [-0.2, -0.15) is 0 Å². The first kappa shape index (κ1) is 23.0. The minimum atomic E-state index is -0.260. The van der Waals surface area contributed by atoms with Crippen LogP contribution >= 0.6 is 11.8 Å². The van der Waals surface area contributed by atoms with Crippen LogP contribution in [0.5, 0.6) is 17.2 Å². The first-order valence-electron chi connectivity index (χ1n) is 11.6. The van der Waals surface area contributed by atoms with Crippen molar-refractivity contribution in [1.29, 1.82) is 0 Å². The molecule has 0 spiro atoms. The molecule has 3 aromatic carbocycles. The number of ether oxygens (including phenoxy) is 3. The van der Waals surface area contributed by atoms with Crippen molar-refractivity contribution in [3.63, 3.8) is 0 Å². The number of hydrogen-bond acceptors (Lipinski definition) is 7. The third-order valence-electron chi connectivity index (χ3n) is 5.96. The number of H-pyrrole nitrogens is 1. The molecular weight excluding hydrogens is 492 g/mol. The van der Waals surface area contributed by atoms with Crippen molar-refractivity contribution in [3.05, 3.63) is 77.1 Å². The molecule has 186 valence electrons. The number of aromatic nitrogens is 3. The number of nitrogens with one attached hydrogen (secondary N) is 2. The van der Waals surface area contributed by atoms with E-state index in [1.54, 1.807) is 49.6 Å². The average molecular weight is 515 g/mol. The van der Waals surface area contributed by atoms with Crippen molar-refractivity contribution >= 4 is 45.3 Å². The van der Waals surface area contributed by atoms with Crippen molar-refractivity contribution in [1.82, 2.24) is 14.5 Å². The van der Waals surface area contributed by atoms with E-state index in [1.807, 2.05) is 24.3 Å². The number of rotatable bonds is 6. The van der Waals surface area contributed by atoms with Gasteiger partial charge in [-0.1, -0.05) is 36.0 Å². The molecule has 2 N–H and O–H groups in total. The monoisotopic (exact) mass is 514 g/mol. The van der Waals surface area contributed by atoms with Gasteiger partial charge in [-0.3, -0.25) is 14.2 Å². The van der Waals surface area contributed by atoms with Crippen LogP contribution in [0.2, 0.25) is 0 Å². The molecule has 0 unspecified atom stereocenters. The summed E-state index contributed by atoms with van der Waals surface area (Å²) in [6, 6.07) is 20.1. The number of carbonyl (C=O) groups excluding carboxylic acids is 1. The Bertz CT molecular complexity index is 1710. The molecule has 1 aliphatic heterocycles. The molecule has 9 nitrogen and oxygen atoms in total. The fourth-order valence-electron chi connectivity index (χ4n) is 4.26. The summed E-state index contributed by atoms with van der Waals surface area (Å²) in [6.07, 6.45) is 0. The number of methoxy groups -OCH3 is 1. The second-order valence-electron chi connectivity index (χ2n) is 8.33. The smallest absolute Gasteiger partial charge is 0.283 e. The van der Waals surface area contributed by atoms with E-state index < -0.39 is 0 Å². The summed E-state index contributed by atoms with van der Waals surface area (Å²) in [4.78, 5) is 34.6. The summed E-state index contributed by atoms with van der Waals surface area (Å²) in [6.45, 7) is 0.960. The normalized spacial score (nSPS) is 12.6. The molecule has 0 saturated heterocycles. The second kappa shape index (κ2) is 9.55. The van der Waals surface area contributed by atoms with Crippen LogP contribution in [0.25, 0.3) is 27.6 Å². The Labute approximate surface area is 215 Å². The van der Waals surface area contributed by atoms with Crippen molar-refractivity contribution in [2.45, 2.75) is 5.16 Å². The Morgan fingerprint density at radius 1 is 1.08 bits per heavy atom. The molecule has 1 aliphatic rings. The van der Waals surface area contributed by atoms with E-state index in [0.717, 1.165) is 10.9 Å². The summed E-state index contributed by atoms with van der Waals surface area (Å²) in [5, 5.41) is 4.12. The number of aromatic amines is 1. The van der Waals surface area contributed by atoms with Gasteiger partial charge in [0.1, 0.15) is 30.0 Å². The fraction of sp³-hybridized carbons (Fsp3) is 0.148. The van der Waals surface area contributed by atoms with E-state index in [0.29, 0.717) is 58.0 Å². The topological polar surface area (TPSA) is 107 Å². The standard InChI is InChI=1S/C27H22N4O5S/c1-34-18-6-4-5-17(14-18)31-26(33)25-24(19-7-2-3-8-20(19)29-25)30-27(31)37-15-23(32)28-16-9-10-21-22(13-16)36-12-11-35-21/h2-10,13-14,29H,11-12,15H2,1H3,(H,28,32). The Hall–Kier alpha value is -4.44. The Morgan fingerprint density at radius 3 is 2.78 bits per heavy atom. The van der Waals surface area contributed by atoms with E-state index in [1.165, 1.54) is 16.3 Å². The molecule has 3 heterocycles. The molecule has 37 heavy (non-hydrogen) atoms. The van der Waals surface area contributed by atoms with Gasteiger partial charge in [0.2, 0.25) is 5.91 Å². The lowest BCUT2D eigenvalue weighted by Gasteiger charge is -2.19. The predicted octanol–water partition coefficient (Wildman–Crippen LogP) is 4.38. The molecule has 1 amide bonds. The summed E-state index contributed by atoms with van der Waals surface area (Å²) >= 11 is 1.18. The largest absolute Gasteiger partial charge is 0.497 e. The van der Waals surface area contributed by atoms with Gasteiger partial charge in [-0.05, 0) is 30.3 Å². The fourth-order valence-corrected chi connectivity index (χ4v) is 5.07. The van der Waals surface area contributed by atoms with E-state index in [-0.39, 0.29) is 17.2 Å². The number of thioether (sulfide) groups is 1. The highest BCUT2D eigenvalue weighted by atomic mass is 32.2. The van der Waals surface area contributed by atoms with Crippen molar-refractivity contribution in [2.75, 3.05) is 31.4 Å². The molecule has 5 aromatic rings. The zero-order chi connectivity index (χ0) is 25.4. The lowest BCUT2D eigenvalue weighted by Crippen LogP contribution is -2.23. The van der Waals surface area contributed by atoms with Gasteiger partial charge in [0, 0.05) is 28.7 Å². The van der Waals surface area contributed by atoms with E-state index in [4.69, 9.17) is 19.2 Å². The quantitative estimate of drug-likeness (QED) is 0.256. The van der Waals surface area contributed by atoms with E-state index >= 15 is 0 Å². The zero-order valence-corrected chi connectivity index (χ0v) is 20.6. The summed E-state index contributed by atoms with van der Waals surface area (Å²) in [7, 11) is 1.57. The van der Waals surface area contributed by atoms with Crippen molar-refractivity contribution < 1.29 is 19.0 Å². The summed E-state index contributed by atoms with van der Waals surface area (Å²) in [5.41, 5.74) is 2.71. The van der Waals surface area contributed by atoms with Crippen molar-refractivity contribution in [2.24, 2.45) is 0 Å². The molecule has 0 fully saturated rings. The maximum Gasteiger partial charge on any atom is 0.283 e. The van der Waals surface area contributed by atoms with Gasteiger partial charge < -0.3 is 24.5 Å². The van der Waals surface area contributed by atoms with Gasteiger partial charge >= 0.3 is 0 Å². The van der Waals surface area contributed by atoms with Gasteiger partial charge in [0.15, 0.2) is 16.7 Å². The third-order valence-corrected chi connectivity index (χ3v) is 6.90. The number of para-hydroxylation sites is 1. The minimum Gasteiger partial charge on any atom is -0.497 e. The van der Waals surface area contributed by atoms with Crippen LogP contribution in [0.4, 0.5) is 5.69 Å². The van der Waals surface area contributed by atoms with Gasteiger partial charge in [-0.25, -0.2) is 4.98 Å². The van der Waals surface area contributed by atoms with Crippen LogP contribution in [0.3, 0.4) is 0 Å². The average Bonchev–Trinajstić information content (AvgIpc) is 3.31. The van der Waals surface area contributed by atoms with Gasteiger partial charge in [0.05, 0.1) is 18.6 Å².